The molecule has 1 saturated carbocycles. The number of benzene rings is 1. The molecule has 8 nitrogen and oxygen atoms in total. The summed E-state index contributed by atoms with van der Waals surface area (Å²) in [6.45, 7) is 1.43. The molecule has 2 aliphatic rings. The molecule has 1 amide bonds. The molecule has 2 fully saturated rings. The zero-order valence-corrected chi connectivity index (χ0v) is 14.2. The number of methoxy groups -OCH3 is 1. The monoisotopic (exact) mass is 355 g/mol. The van der Waals surface area contributed by atoms with Gasteiger partial charge in [0.25, 0.3) is 0 Å². The number of hydrogen-bond donors (Lipinski definition) is 3. The van der Waals surface area contributed by atoms with Crippen LogP contribution in [-0.2, 0) is 19.6 Å². The molecule has 1 aromatic carbocycles. The third kappa shape index (κ3) is 4.04. The molecule has 132 valence electrons. The lowest BCUT2D eigenvalue weighted by atomic mass is 10.2. The molecule has 3 N–H and O–H groups in total. The van der Waals surface area contributed by atoms with Crippen molar-refractivity contribution in [1.82, 2.24) is 10.0 Å². The van der Waals surface area contributed by atoms with E-state index in [0.29, 0.717) is 24.6 Å². The van der Waals surface area contributed by atoms with E-state index in [1.165, 1.54) is 25.3 Å². The zero-order chi connectivity index (χ0) is 17.2. The van der Waals surface area contributed by atoms with E-state index in [2.05, 4.69) is 15.4 Å². The molecule has 0 bridgehead atoms. The number of rotatable bonds is 6. The fourth-order valence-electron chi connectivity index (χ4n) is 2.39. The topological polar surface area (TPSA) is 106 Å². The maximum absolute atomic E-state index is 12.3. The van der Waals surface area contributed by atoms with E-state index in [4.69, 9.17) is 9.47 Å². The first-order valence-corrected chi connectivity index (χ1v) is 9.30. The Kier molecular flexibility index (Phi) is 5.04. The van der Waals surface area contributed by atoms with Gasteiger partial charge >= 0.3 is 0 Å². The van der Waals surface area contributed by atoms with Gasteiger partial charge in [0.1, 0.15) is 11.8 Å². The molecule has 24 heavy (non-hydrogen) atoms. The summed E-state index contributed by atoms with van der Waals surface area (Å²) in [5, 5.41) is 5.76. The summed E-state index contributed by atoms with van der Waals surface area (Å²) in [4.78, 5) is 12.4. The minimum atomic E-state index is -3.60. The second-order valence-corrected chi connectivity index (χ2v) is 7.54. The number of anilines is 1. The molecule has 0 aromatic heterocycles. The lowest BCUT2D eigenvalue weighted by molar-refractivity contribution is -0.120. The number of morpholine rings is 1. The van der Waals surface area contributed by atoms with Crippen LogP contribution in [-0.4, -0.2) is 53.3 Å². The van der Waals surface area contributed by atoms with E-state index in [-0.39, 0.29) is 23.5 Å². The summed E-state index contributed by atoms with van der Waals surface area (Å²) in [6, 6.07) is 3.93. The number of nitrogens with one attached hydrogen (secondary N) is 3. The molecule has 9 heteroatoms. The Balaban J connectivity index is 1.79. The Bertz CT molecular complexity index is 712. The highest BCUT2D eigenvalue weighted by Crippen LogP contribution is 2.29. The summed E-state index contributed by atoms with van der Waals surface area (Å²) >= 11 is 0. The van der Waals surface area contributed by atoms with E-state index in [0.717, 1.165) is 12.8 Å². The van der Waals surface area contributed by atoms with Crippen molar-refractivity contribution in [2.75, 3.05) is 32.2 Å². The van der Waals surface area contributed by atoms with Crippen molar-refractivity contribution in [3.8, 4) is 5.75 Å². The number of sulfonamides is 1. The van der Waals surface area contributed by atoms with Gasteiger partial charge < -0.3 is 20.1 Å². The van der Waals surface area contributed by atoms with Crippen molar-refractivity contribution >= 4 is 21.6 Å². The third-order valence-electron chi connectivity index (χ3n) is 3.88. The van der Waals surface area contributed by atoms with E-state index in [9.17, 15) is 13.2 Å². The second-order valence-electron chi connectivity index (χ2n) is 5.83. The molecule has 1 aromatic rings. The Morgan fingerprint density at radius 3 is 2.79 bits per heavy atom. The molecule has 1 aliphatic carbocycles. The summed E-state index contributed by atoms with van der Waals surface area (Å²) < 4.78 is 37.7. The van der Waals surface area contributed by atoms with Crippen molar-refractivity contribution in [2.45, 2.75) is 29.8 Å². The predicted octanol–water partition coefficient (Wildman–Crippen LogP) is 0.0628. The number of hydrogen-bond acceptors (Lipinski definition) is 6. The molecule has 1 saturated heterocycles. The normalized spacial score (nSPS) is 21.3. The fraction of sp³-hybridized carbons (Fsp3) is 0.533. The lowest BCUT2D eigenvalue weighted by Gasteiger charge is -2.23. The Morgan fingerprint density at radius 1 is 1.38 bits per heavy atom. The van der Waals surface area contributed by atoms with Crippen LogP contribution in [0.5, 0.6) is 5.75 Å². The summed E-state index contributed by atoms with van der Waals surface area (Å²) in [5.74, 6) is 0.100. The highest BCUT2D eigenvalue weighted by molar-refractivity contribution is 7.89. The summed E-state index contributed by atoms with van der Waals surface area (Å²) in [5.41, 5.74) is 0.313. The van der Waals surface area contributed by atoms with Gasteiger partial charge in [-0.3, -0.25) is 4.79 Å². The van der Waals surface area contributed by atoms with Gasteiger partial charge in [0.2, 0.25) is 15.9 Å². The van der Waals surface area contributed by atoms with Crippen molar-refractivity contribution in [3.63, 3.8) is 0 Å². The minimum Gasteiger partial charge on any atom is -0.495 e. The van der Waals surface area contributed by atoms with E-state index in [1.807, 2.05) is 0 Å². The minimum absolute atomic E-state index is 0.0127. The van der Waals surface area contributed by atoms with Gasteiger partial charge in [-0.1, -0.05) is 0 Å². The van der Waals surface area contributed by atoms with Crippen molar-refractivity contribution < 1.29 is 22.7 Å². The highest BCUT2D eigenvalue weighted by atomic mass is 32.2. The largest absolute Gasteiger partial charge is 0.495 e. The van der Waals surface area contributed by atoms with Gasteiger partial charge in [-0.25, -0.2) is 13.1 Å². The maximum atomic E-state index is 12.3. The smallest absolute Gasteiger partial charge is 0.244 e. The van der Waals surface area contributed by atoms with Gasteiger partial charge in [0.15, 0.2) is 0 Å². The zero-order valence-electron chi connectivity index (χ0n) is 13.4. The van der Waals surface area contributed by atoms with Crippen molar-refractivity contribution in [3.05, 3.63) is 18.2 Å². The summed E-state index contributed by atoms with van der Waals surface area (Å²) in [7, 11) is -2.14. The average molecular weight is 355 g/mol. The van der Waals surface area contributed by atoms with Gasteiger partial charge in [-0.2, -0.15) is 0 Å². The van der Waals surface area contributed by atoms with Crippen molar-refractivity contribution in [1.29, 1.82) is 0 Å². The maximum Gasteiger partial charge on any atom is 0.244 e. The number of ether oxygens (including phenoxy) is 2. The third-order valence-corrected chi connectivity index (χ3v) is 5.39. The van der Waals surface area contributed by atoms with Crippen LogP contribution in [0.25, 0.3) is 0 Å². The molecule has 1 heterocycles. The van der Waals surface area contributed by atoms with E-state index < -0.39 is 16.1 Å². The van der Waals surface area contributed by atoms with Crippen LogP contribution in [0.4, 0.5) is 5.69 Å². The highest BCUT2D eigenvalue weighted by Gasteiger charge is 2.29. The van der Waals surface area contributed by atoms with Crippen LogP contribution in [0.15, 0.2) is 23.1 Å². The average Bonchev–Trinajstić information content (AvgIpc) is 3.39. The fourth-order valence-corrected chi connectivity index (χ4v) is 3.73. The summed E-state index contributed by atoms with van der Waals surface area (Å²) in [6.07, 6.45) is 1.71. The van der Waals surface area contributed by atoms with E-state index in [1.54, 1.807) is 0 Å². The molecule has 1 unspecified atom stereocenters. The molecule has 3 rings (SSSR count). The van der Waals surface area contributed by atoms with E-state index >= 15 is 0 Å². The Morgan fingerprint density at radius 2 is 2.17 bits per heavy atom. The van der Waals surface area contributed by atoms with Gasteiger partial charge in [0, 0.05) is 12.6 Å². The van der Waals surface area contributed by atoms with Crippen LogP contribution in [0.2, 0.25) is 0 Å². The quantitative estimate of drug-likeness (QED) is 0.666. The van der Waals surface area contributed by atoms with Crippen LogP contribution in [0.1, 0.15) is 12.8 Å². The molecular weight excluding hydrogens is 334 g/mol. The predicted molar refractivity (Wildman–Crippen MR) is 87.6 cm³/mol. The first-order valence-electron chi connectivity index (χ1n) is 7.82. The van der Waals surface area contributed by atoms with Gasteiger partial charge in [-0.15, -0.1) is 0 Å². The van der Waals surface area contributed by atoms with Crippen molar-refractivity contribution in [2.24, 2.45) is 0 Å². The second kappa shape index (κ2) is 7.06. The van der Waals surface area contributed by atoms with Crippen LogP contribution in [0, 0.1) is 0 Å². The van der Waals surface area contributed by atoms with Crippen LogP contribution in [0.3, 0.4) is 0 Å². The standard InChI is InChI=1S/C15H21N3O5S/c1-22-14-5-4-11(24(20,21)18-10-2-3-10)8-12(14)17-15(19)13-9-23-7-6-16-13/h4-5,8,10,13,16,18H,2-3,6-7,9H2,1H3,(H,17,19). The molecule has 0 radical (unpaired) electrons. The Labute approximate surface area is 141 Å². The SMILES string of the molecule is COc1ccc(S(=O)(=O)NC2CC2)cc1NC(=O)C1COCCN1. The van der Waals surface area contributed by atoms with Gasteiger partial charge in [-0.05, 0) is 31.0 Å². The van der Waals surface area contributed by atoms with Crippen LogP contribution < -0.4 is 20.1 Å². The molecule has 1 aliphatic heterocycles. The molecule has 1 atom stereocenters. The van der Waals surface area contributed by atoms with Gasteiger partial charge in [0.05, 0.1) is 30.9 Å². The Hall–Kier alpha value is -1.68. The molecule has 0 spiro atoms. The number of carbonyl (C=O) groups is 1. The lowest BCUT2D eigenvalue weighted by Crippen LogP contribution is -2.48. The first-order chi connectivity index (χ1) is 11.5. The molecular formula is C15H21N3O5S. The first kappa shape index (κ1) is 17.2. The number of amides is 1. The van der Waals surface area contributed by atoms with Crippen LogP contribution >= 0.6 is 0 Å². The number of carbonyl (C=O) groups excluding carboxylic acids is 1.